The van der Waals surface area contributed by atoms with Crippen molar-refractivity contribution >= 4 is 38.4 Å². The highest BCUT2D eigenvalue weighted by molar-refractivity contribution is 7.86. The Balaban J connectivity index is 1.87. The average Bonchev–Trinajstić information content (AvgIpc) is 2.77. The van der Waals surface area contributed by atoms with Crippen molar-refractivity contribution in [3.05, 3.63) is 101 Å². The molecule has 0 fully saturated rings. The summed E-state index contributed by atoms with van der Waals surface area (Å²) in [6.07, 6.45) is 0. The van der Waals surface area contributed by atoms with Gasteiger partial charge in [0.15, 0.2) is 0 Å². The van der Waals surface area contributed by atoms with Crippen LogP contribution in [0.15, 0.2) is 105 Å². The second-order valence-corrected chi connectivity index (χ2v) is 9.04. The largest absolute Gasteiger partial charge is 0.456 e. The Bertz CT molecular complexity index is 1610. The lowest BCUT2D eigenvalue weighted by Gasteiger charge is -2.17. The fraction of sp³-hybridized carbons (Fsp3) is 0. The molecule has 2 aliphatic rings. The summed E-state index contributed by atoms with van der Waals surface area (Å²) in [5.74, 6) is 0.511. The van der Waals surface area contributed by atoms with Gasteiger partial charge in [0.25, 0.3) is 10.1 Å². The molecule has 3 aromatic rings. The molecule has 5 rings (SSSR count). The molecule has 1 aliphatic heterocycles. The zero-order valence-corrected chi connectivity index (χ0v) is 18.1. The van der Waals surface area contributed by atoms with Crippen LogP contribution in [0.3, 0.4) is 0 Å². The van der Waals surface area contributed by atoms with Crippen LogP contribution in [-0.2, 0) is 10.1 Å². The molecule has 0 aromatic heterocycles. The summed E-state index contributed by atoms with van der Waals surface area (Å²) in [5.41, 5.74) is 2.96. The maximum atomic E-state index is 12.1. The molecule has 3 aromatic carbocycles. The molecule has 0 saturated carbocycles. The monoisotopic (exact) mass is 461 g/mol. The average molecular weight is 462 g/mol. The molecule has 0 radical (unpaired) electrons. The second-order valence-electron chi connectivity index (χ2n) is 7.22. The van der Waals surface area contributed by atoms with Gasteiger partial charge in [0.1, 0.15) is 16.2 Å². The summed E-state index contributed by atoms with van der Waals surface area (Å²) >= 11 is 6.20. The number of hydrogen-bond donors (Lipinski definition) is 1. The highest BCUT2D eigenvalue weighted by atomic mass is 35.5. The number of halogens is 1. The van der Waals surface area contributed by atoms with Crippen molar-refractivity contribution in [1.82, 2.24) is 0 Å². The predicted molar refractivity (Wildman–Crippen MR) is 125 cm³/mol. The standard InChI is InChI=1S/C25H16ClNO4S/c26-16-10-12-19-22(14-16)31-23-15-18(27-17-6-2-1-3-7-17)11-13-20(23)25(19)21-8-4-5-9-24(21)32(28,29)30/h1-15H,(H,28,29,30). The first kappa shape index (κ1) is 20.5. The second kappa shape index (κ2) is 7.91. The van der Waals surface area contributed by atoms with Gasteiger partial charge in [-0.25, -0.2) is 4.99 Å². The zero-order valence-electron chi connectivity index (χ0n) is 16.6. The van der Waals surface area contributed by atoms with Gasteiger partial charge in [-0.3, -0.25) is 4.55 Å². The minimum Gasteiger partial charge on any atom is -0.456 e. The Morgan fingerprint density at radius 3 is 2.34 bits per heavy atom. The van der Waals surface area contributed by atoms with Gasteiger partial charge in [0, 0.05) is 39.2 Å². The Kier molecular flexibility index (Phi) is 5.06. The Hall–Kier alpha value is -3.45. The van der Waals surface area contributed by atoms with Gasteiger partial charge in [-0.1, -0.05) is 48.0 Å². The summed E-state index contributed by atoms with van der Waals surface area (Å²) in [5, 5.41) is 1.84. The van der Waals surface area contributed by atoms with Crippen molar-refractivity contribution < 1.29 is 17.4 Å². The topological polar surface area (TPSA) is 79.9 Å². The van der Waals surface area contributed by atoms with Gasteiger partial charge >= 0.3 is 0 Å². The number of hydrogen-bond acceptors (Lipinski definition) is 4. The van der Waals surface area contributed by atoms with Crippen LogP contribution >= 0.6 is 11.6 Å². The van der Waals surface area contributed by atoms with Gasteiger partial charge in [-0.05, 0) is 42.5 Å². The summed E-state index contributed by atoms with van der Waals surface area (Å²) in [7, 11) is -4.45. The summed E-state index contributed by atoms with van der Waals surface area (Å²) in [6, 6.07) is 26.5. The highest BCUT2D eigenvalue weighted by Gasteiger charge is 2.23. The number of para-hydroxylation sites is 1. The van der Waals surface area contributed by atoms with E-state index in [9.17, 15) is 13.0 Å². The number of rotatable bonds is 3. The van der Waals surface area contributed by atoms with Gasteiger partial charge in [-0.15, -0.1) is 0 Å². The lowest BCUT2D eigenvalue weighted by atomic mass is 9.93. The molecule has 1 heterocycles. The van der Waals surface area contributed by atoms with E-state index in [4.69, 9.17) is 16.0 Å². The van der Waals surface area contributed by atoms with Crippen LogP contribution < -0.4 is 5.36 Å². The zero-order chi connectivity index (χ0) is 22.3. The molecule has 0 spiro atoms. The Labute approximate surface area is 189 Å². The van der Waals surface area contributed by atoms with Crippen molar-refractivity contribution in [2.45, 2.75) is 4.90 Å². The molecule has 7 heteroatoms. The lowest BCUT2D eigenvalue weighted by molar-refractivity contribution is 0.483. The highest BCUT2D eigenvalue weighted by Crippen LogP contribution is 2.42. The third-order valence-corrected chi connectivity index (χ3v) is 6.26. The first-order valence-electron chi connectivity index (χ1n) is 9.73. The maximum absolute atomic E-state index is 12.1. The molecule has 158 valence electrons. The molecular formula is C25H16ClNO4S. The third kappa shape index (κ3) is 3.80. The van der Waals surface area contributed by atoms with Gasteiger partial charge in [0.2, 0.25) is 0 Å². The van der Waals surface area contributed by atoms with Crippen molar-refractivity contribution in [2.24, 2.45) is 4.99 Å². The molecule has 0 atom stereocenters. The normalized spacial score (nSPS) is 12.5. The summed E-state index contributed by atoms with van der Waals surface area (Å²) in [6.45, 7) is 0. The van der Waals surface area contributed by atoms with E-state index in [1.54, 1.807) is 42.5 Å². The van der Waals surface area contributed by atoms with Crippen molar-refractivity contribution in [2.75, 3.05) is 0 Å². The van der Waals surface area contributed by atoms with Gasteiger partial charge < -0.3 is 4.42 Å². The first-order valence-corrected chi connectivity index (χ1v) is 11.5. The van der Waals surface area contributed by atoms with E-state index in [1.165, 1.54) is 6.07 Å². The van der Waals surface area contributed by atoms with Crippen LogP contribution in [0, 0.1) is 0 Å². The molecule has 0 unspecified atom stereocenters. The molecule has 1 aliphatic carbocycles. The van der Waals surface area contributed by atoms with Crippen LogP contribution in [-0.4, -0.2) is 13.0 Å². The molecule has 32 heavy (non-hydrogen) atoms. The van der Waals surface area contributed by atoms with Crippen molar-refractivity contribution in [1.29, 1.82) is 0 Å². The molecule has 5 nitrogen and oxygen atoms in total. The minimum absolute atomic E-state index is 0.179. The van der Waals surface area contributed by atoms with Crippen molar-refractivity contribution in [3.63, 3.8) is 0 Å². The fourth-order valence-electron chi connectivity index (χ4n) is 3.76. The Morgan fingerprint density at radius 2 is 1.56 bits per heavy atom. The van der Waals surface area contributed by atoms with Crippen LogP contribution in [0.2, 0.25) is 5.02 Å². The van der Waals surface area contributed by atoms with Crippen LogP contribution in [0.5, 0.6) is 0 Å². The van der Waals surface area contributed by atoms with E-state index >= 15 is 0 Å². The minimum atomic E-state index is -4.45. The predicted octanol–water partition coefficient (Wildman–Crippen LogP) is 6.34. The van der Waals surface area contributed by atoms with E-state index in [-0.39, 0.29) is 4.90 Å². The van der Waals surface area contributed by atoms with Gasteiger partial charge in [0.05, 0.1) is 11.0 Å². The van der Waals surface area contributed by atoms with Crippen molar-refractivity contribution in [3.8, 4) is 22.5 Å². The number of benzene rings is 4. The number of nitrogens with zero attached hydrogens (tertiary/aromatic N) is 1. The summed E-state index contributed by atoms with van der Waals surface area (Å²) < 4.78 is 40.2. The summed E-state index contributed by atoms with van der Waals surface area (Å²) in [4.78, 5) is 4.45. The van der Waals surface area contributed by atoms with Gasteiger partial charge in [-0.2, -0.15) is 8.42 Å². The molecule has 0 saturated heterocycles. The first-order chi connectivity index (χ1) is 15.4. The quantitative estimate of drug-likeness (QED) is 0.251. The Morgan fingerprint density at radius 1 is 0.812 bits per heavy atom. The molecule has 0 amide bonds. The molecule has 0 bridgehead atoms. The number of fused-ring (bicyclic) bond motifs is 2. The van der Waals surface area contributed by atoms with Crippen LogP contribution in [0.4, 0.5) is 5.69 Å². The van der Waals surface area contributed by atoms with E-state index < -0.39 is 10.1 Å². The fourth-order valence-corrected chi connectivity index (χ4v) is 4.62. The SMILES string of the molecule is O=S(=O)(O)c1ccccc1-c1c2ccc(=Nc3ccccc3)cc-2oc2cc(Cl)ccc12. The lowest BCUT2D eigenvalue weighted by Crippen LogP contribution is -2.04. The van der Waals surface area contributed by atoms with Crippen LogP contribution in [0.1, 0.15) is 0 Å². The molecule has 1 N–H and O–H groups in total. The van der Waals surface area contributed by atoms with Crippen LogP contribution in [0.25, 0.3) is 33.4 Å². The molecular weight excluding hydrogens is 446 g/mol. The van der Waals surface area contributed by atoms with E-state index in [0.717, 1.165) is 5.69 Å². The third-order valence-electron chi connectivity index (χ3n) is 5.12. The maximum Gasteiger partial charge on any atom is 0.295 e. The van der Waals surface area contributed by atoms with E-state index in [2.05, 4.69) is 4.99 Å². The van der Waals surface area contributed by atoms with E-state index in [0.29, 0.717) is 43.8 Å². The smallest absolute Gasteiger partial charge is 0.295 e. The van der Waals surface area contributed by atoms with E-state index in [1.807, 2.05) is 42.5 Å².